The van der Waals surface area contributed by atoms with Crippen molar-refractivity contribution < 1.29 is 4.79 Å². The molecule has 0 aromatic heterocycles. The summed E-state index contributed by atoms with van der Waals surface area (Å²) in [6, 6.07) is 8.59. The van der Waals surface area contributed by atoms with Crippen molar-refractivity contribution in [2.45, 2.75) is 25.3 Å². The first-order chi connectivity index (χ1) is 9.72. The lowest BCUT2D eigenvalue weighted by Crippen LogP contribution is -2.55. The fraction of sp³-hybridized carbons (Fsp3) is 0.562. The van der Waals surface area contributed by atoms with Crippen LogP contribution >= 0.6 is 22.6 Å². The molecule has 0 N–H and O–H groups in total. The van der Waals surface area contributed by atoms with E-state index in [2.05, 4.69) is 32.4 Å². The molecule has 1 atom stereocenters. The molecule has 20 heavy (non-hydrogen) atoms. The average Bonchev–Trinajstić information content (AvgIpc) is 2.48. The fourth-order valence-electron chi connectivity index (χ4n) is 3.29. The van der Waals surface area contributed by atoms with Gasteiger partial charge in [-0.3, -0.25) is 14.6 Å². The summed E-state index contributed by atoms with van der Waals surface area (Å²) in [5.74, 6) is 0.255. The molecule has 1 aromatic carbocycles. The maximum atomic E-state index is 12.3. The van der Waals surface area contributed by atoms with Crippen molar-refractivity contribution >= 4 is 28.4 Å². The summed E-state index contributed by atoms with van der Waals surface area (Å²) in [4.78, 5) is 17.3. The Kier molecular flexibility index (Phi) is 4.73. The number of piperazine rings is 1. The normalized spacial score (nSPS) is 24.4. The zero-order chi connectivity index (χ0) is 13.9. The molecule has 2 aliphatic rings. The molecule has 108 valence electrons. The summed E-state index contributed by atoms with van der Waals surface area (Å²) in [6.07, 6.45) is 3.99. The van der Waals surface area contributed by atoms with Gasteiger partial charge < -0.3 is 0 Å². The van der Waals surface area contributed by atoms with E-state index < -0.39 is 0 Å². The van der Waals surface area contributed by atoms with E-state index in [9.17, 15) is 4.79 Å². The Morgan fingerprint density at radius 2 is 1.95 bits per heavy atom. The largest absolute Gasteiger partial charge is 0.298 e. The van der Waals surface area contributed by atoms with Crippen molar-refractivity contribution in [3.05, 3.63) is 33.4 Å². The number of fused-ring (bicyclic) bond motifs is 1. The zero-order valence-electron chi connectivity index (χ0n) is 11.7. The fourth-order valence-corrected chi connectivity index (χ4v) is 3.65. The van der Waals surface area contributed by atoms with E-state index in [4.69, 9.17) is 0 Å². The van der Waals surface area contributed by atoms with Gasteiger partial charge in [0.2, 0.25) is 0 Å². The number of nitrogens with zero attached hydrogens (tertiary/aromatic N) is 2. The molecule has 3 rings (SSSR count). The van der Waals surface area contributed by atoms with Crippen LogP contribution in [0.1, 0.15) is 29.6 Å². The summed E-state index contributed by atoms with van der Waals surface area (Å²) in [7, 11) is 0. The van der Waals surface area contributed by atoms with E-state index in [-0.39, 0.29) is 5.78 Å². The Balaban J connectivity index is 1.58. The SMILES string of the molecule is O=C(CN1CCN2CCCCC2C1)c1ccc(I)cc1. The molecule has 2 saturated heterocycles. The maximum absolute atomic E-state index is 12.3. The van der Waals surface area contributed by atoms with Crippen LogP contribution in [0.3, 0.4) is 0 Å². The minimum absolute atomic E-state index is 0.255. The summed E-state index contributed by atoms with van der Waals surface area (Å²) in [5.41, 5.74) is 0.844. The van der Waals surface area contributed by atoms with Crippen LogP contribution in [-0.4, -0.2) is 54.3 Å². The van der Waals surface area contributed by atoms with E-state index in [1.165, 1.54) is 29.4 Å². The van der Waals surface area contributed by atoms with Crippen LogP contribution in [0.5, 0.6) is 0 Å². The molecule has 0 amide bonds. The first-order valence-corrected chi connectivity index (χ1v) is 8.55. The second kappa shape index (κ2) is 6.54. The molecule has 0 saturated carbocycles. The number of hydrogen-bond acceptors (Lipinski definition) is 3. The van der Waals surface area contributed by atoms with Gasteiger partial charge in [-0.15, -0.1) is 0 Å². The van der Waals surface area contributed by atoms with Gasteiger partial charge in [0.1, 0.15) is 0 Å². The van der Waals surface area contributed by atoms with Crippen LogP contribution in [0.2, 0.25) is 0 Å². The molecule has 0 spiro atoms. The van der Waals surface area contributed by atoms with Crippen molar-refractivity contribution in [2.75, 3.05) is 32.7 Å². The molecule has 0 radical (unpaired) electrons. The van der Waals surface area contributed by atoms with Gasteiger partial charge in [-0.2, -0.15) is 0 Å². The number of carbonyl (C=O) groups is 1. The van der Waals surface area contributed by atoms with E-state index in [1.807, 2.05) is 24.3 Å². The molecule has 3 nitrogen and oxygen atoms in total. The number of benzene rings is 1. The number of carbonyl (C=O) groups excluding carboxylic acids is 1. The monoisotopic (exact) mass is 384 g/mol. The van der Waals surface area contributed by atoms with Gasteiger partial charge in [0.25, 0.3) is 0 Å². The smallest absolute Gasteiger partial charge is 0.176 e. The Morgan fingerprint density at radius 1 is 1.15 bits per heavy atom. The van der Waals surface area contributed by atoms with E-state index in [0.717, 1.165) is 25.2 Å². The second-order valence-electron chi connectivity index (χ2n) is 5.85. The number of rotatable bonds is 3. The molecule has 2 aliphatic heterocycles. The molecule has 1 unspecified atom stereocenters. The molecular weight excluding hydrogens is 363 g/mol. The molecule has 1 aromatic rings. The van der Waals surface area contributed by atoms with Crippen molar-refractivity contribution in [1.82, 2.24) is 9.80 Å². The lowest BCUT2D eigenvalue weighted by atomic mass is 9.99. The Labute approximate surface area is 134 Å². The highest BCUT2D eigenvalue weighted by molar-refractivity contribution is 14.1. The Morgan fingerprint density at radius 3 is 2.75 bits per heavy atom. The van der Waals surface area contributed by atoms with Crippen LogP contribution in [0.15, 0.2) is 24.3 Å². The molecule has 2 heterocycles. The minimum Gasteiger partial charge on any atom is -0.298 e. The Bertz CT molecular complexity index is 474. The van der Waals surface area contributed by atoms with Gasteiger partial charge in [-0.05, 0) is 54.1 Å². The van der Waals surface area contributed by atoms with Gasteiger partial charge in [0.05, 0.1) is 6.54 Å². The first kappa shape index (κ1) is 14.5. The quantitative estimate of drug-likeness (QED) is 0.592. The molecule has 0 aliphatic carbocycles. The van der Waals surface area contributed by atoms with E-state index in [0.29, 0.717) is 12.6 Å². The Hall–Kier alpha value is -0.460. The number of halogens is 1. The molecule has 0 bridgehead atoms. The number of hydrogen-bond donors (Lipinski definition) is 0. The minimum atomic E-state index is 0.255. The van der Waals surface area contributed by atoms with Crippen molar-refractivity contribution in [3.8, 4) is 0 Å². The van der Waals surface area contributed by atoms with Gasteiger partial charge in [-0.1, -0.05) is 18.6 Å². The lowest BCUT2D eigenvalue weighted by molar-refractivity contribution is 0.0469. The average molecular weight is 384 g/mol. The highest BCUT2D eigenvalue weighted by Gasteiger charge is 2.29. The lowest BCUT2D eigenvalue weighted by Gasteiger charge is -2.43. The second-order valence-corrected chi connectivity index (χ2v) is 7.10. The van der Waals surface area contributed by atoms with Crippen molar-refractivity contribution in [2.24, 2.45) is 0 Å². The standard InChI is InChI=1S/C16H21IN2O/c17-14-6-4-13(5-7-14)16(20)12-18-9-10-19-8-2-1-3-15(19)11-18/h4-7,15H,1-3,8-12H2. The number of Topliss-reactive ketones (excluding diaryl/α,β-unsaturated/α-hetero) is 1. The number of ketones is 1. The number of piperidine rings is 1. The predicted octanol–water partition coefficient (Wildman–Crippen LogP) is 2.64. The molecular formula is C16H21IN2O. The third-order valence-corrected chi connectivity index (χ3v) is 5.17. The molecule has 4 heteroatoms. The third kappa shape index (κ3) is 3.40. The predicted molar refractivity (Wildman–Crippen MR) is 89.1 cm³/mol. The highest BCUT2D eigenvalue weighted by atomic mass is 127. The van der Waals surface area contributed by atoms with Crippen LogP contribution in [0.25, 0.3) is 0 Å². The zero-order valence-corrected chi connectivity index (χ0v) is 13.9. The summed E-state index contributed by atoms with van der Waals surface area (Å²) in [5, 5.41) is 0. The van der Waals surface area contributed by atoms with Gasteiger partial charge >= 0.3 is 0 Å². The van der Waals surface area contributed by atoms with Crippen LogP contribution in [0.4, 0.5) is 0 Å². The summed E-state index contributed by atoms with van der Waals surface area (Å²) in [6.45, 7) is 5.06. The van der Waals surface area contributed by atoms with E-state index in [1.54, 1.807) is 0 Å². The van der Waals surface area contributed by atoms with Crippen LogP contribution in [-0.2, 0) is 0 Å². The van der Waals surface area contributed by atoms with Crippen molar-refractivity contribution in [3.63, 3.8) is 0 Å². The van der Waals surface area contributed by atoms with Crippen molar-refractivity contribution in [1.29, 1.82) is 0 Å². The maximum Gasteiger partial charge on any atom is 0.176 e. The molecule has 2 fully saturated rings. The van der Waals surface area contributed by atoms with Crippen LogP contribution < -0.4 is 0 Å². The third-order valence-electron chi connectivity index (χ3n) is 4.45. The first-order valence-electron chi connectivity index (χ1n) is 7.47. The summed E-state index contributed by atoms with van der Waals surface area (Å²) >= 11 is 2.27. The van der Waals surface area contributed by atoms with E-state index >= 15 is 0 Å². The van der Waals surface area contributed by atoms with Gasteiger partial charge in [-0.25, -0.2) is 0 Å². The summed E-state index contributed by atoms with van der Waals surface area (Å²) < 4.78 is 1.18. The topological polar surface area (TPSA) is 23.6 Å². The van der Waals surface area contributed by atoms with Gasteiger partial charge in [0.15, 0.2) is 5.78 Å². The highest BCUT2D eigenvalue weighted by Crippen LogP contribution is 2.21. The van der Waals surface area contributed by atoms with Crippen LogP contribution in [0, 0.1) is 3.57 Å². The van der Waals surface area contributed by atoms with Gasteiger partial charge in [0, 0.05) is 34.8 Å².